The van der Waals surface area contributed by atoms with Crippen LogP contribution >= 0.6 is 0 Å². The van der Waals surface area contributed by atoms with Crippen molar-refractivity contribution in [2.75, 3.05) is 38.4 Å². The fraction of sp³-hybridized carbons (Fsp3) is 0.900. The van der Waals surface area contributed by atoms with Crippen LogP contribution in [0.2, 0.25) is 0 Å². The van der Waals surface area contributed by atoms with E-state index in [0.717, 1.165) is 0 Å². The van der Waals surface area contributed by atoms with Crippen LogP contribution in [0.15, 0.2) is 0 Å². The molecule has 1 aliphatic rings. The van der Waals surface area contributed by atoms with Crippen molar-refractivity contribution in [3.63, 3.8) is 0 Å². The van der Waals surface area contributed by atoms with Gasteiger partial charge in [-0.2, -0.15) is 0 Å². The SMILES string of the molecule is COCCOCCC1(C(=O)O)CCS(=O)(=O)C1. The molecule has 1 heterocycles. The van der Waals surface area contributed by atoms with Gasteiger partial charge in [-0.25, -0.2) is 8.42 Å². The fourth-order valence-corrected chi connectivity index (χ4v) is 4.00. The number of methoxy groups -OCH3 is 1. The molecular weight excluding hydrogens is 248 g/mol. The van der Waals surface area contributed by atoms with Crippen LogP contribution < -0.4 is 0 Å². The van der Waals surface area contributed by atoms with Crippen LogP contribution in [0.5, 0.6) is 0 Å². The molecule has 0 aromatic carbocycles. The van der Waals surface area contributed by atoms with Crippen molar-refractivity contribution in [2.24, 2.45) is 5.41 Å². The van der Waals surface area contributed by atoms with Gasteiger partial charge in [0.25, 0.3) is 0 Å². The lowest BCUT2D eigenvalue weighted by Crippen LogP contribution is -2.33. The van der Waals surface area contributed by atoms with E-state index in [1.165, 1.54) is 0 Å². The van der Waals surface area contributed by atoms with Gasteiger partial charge in [-0.15, -0.1) is 0 Å². The normalized spacial score (nSPS) is 27.1. The number of carboxylic acids is 1. The van der Waals surface area contributed by atoms with Crippen molar-refractivity contribution < 1.29 is 27.8 Å². The predicted octanol–water partition coefficient (Wildman–Crippen LogP) is -0.0710. The molecule has 1 unspecified atom stereocenters. The zero-order valence-electron chi connectivity index (χ0n) is 9.85. The molecule has 100 valence electrons. The van der Waals surface area contributed by atoms with E-state index in [4.69, 9.17) is 14.6 Å². The summed E-state index contributed by atoms with van der Waals surface area (Å²) < 4.78 is 32.7. The summed E-state index contributed by atoms with van der Waals surface area (Å²) in [5, 5.41) is 9.15. The summed E-state index contributed by atoms with van der Waals surface area (Å²) >= 11 is 0. The number of hydrogen-bond donors (Lipinski definition) is 1. The molecule has 7 heteroatoms. The lowest BCUT2D eigenvalue weighted by Gasteiger charge is -2.21. The van der Waals surface area contributed by atoms with Gasteiger partial charge in [0.2, 0.25) is 0 Å². The summed E-state index contributed by atoms with van der Waals surface area (Å²) in [5.41, 5.74) is -1.16. The Labute approximate surface area is 101 Å². The molecule has 0 aromatic rings. The van der Waals surface area contributed by atoms with E-state index in [2.05, 4.69) is 0 Å². The molecule has 1 saturated heterocycles. The van der Waals surface area contributed by atoms with Crippen LogP contribution in [0.1, 0.15) is 12.8 Å². The van der Waals surface area contributed by atoms with Crippen molar-refractivity contribution in [2.45, 2.75) is 12.8 Å². The average Bonchev–Trinajstić information content (AvgIpc) is 2.55. The zero-order chi connectivity index (χ0) is 12.9. The number of carbonyl (C=O) groups is 1. The Morgan fingerprint density at radius 1 is 1.35 bits per heavy atom. The zero-order valence-corrected chi connectivity index (χ0v) is 10.7. The summed E-state index contributed by atoms with van der Waals surface area (Å²) in [6.07, 6.45) is 0.406. The summed E-state index contributed by atoms with van der Waals surface area (Å²) in [5.74, 6) is -1.37. The van der Waals surface area contributed by atoms with E-state index in [0.29, 0.717) is 13.2 Å². The molecule has 1 atom stereocenters. The van der Waals surface area contributed by atoms with Gasteiger partial charge in [0.15, 0.2) is 9.84 Å². The van der Waals surface area contributed by atoms with Crippen LogP contribution in [-0.4, -0.2) is 57.9 Å². The van der Waals surface area contributed by atoms with Crippen LogP contribution in [0, 0.1) is 5.41 Å². The van der Waals surface area contributed by atoms with E-state index in [9.17, 15) is 13.2 Å². The molecule has 1 aliphatic heterocycles. The van der Waals surface area contributed by atoms with Gasteiger partial charge >= 0.3 is 5.97 Å². The number of aliphatic carboxylic acids is 1. The first-order valence-corrected chi connectivity index (χ1v) is 7.24. The fourth-order valence-electron chi connectivity index (χ4n) is 1.90. The third-order valence-corrected chi connectivity index (χ3v) is 4.82. The Bertz CT molecular complexity index is 363. The van der Waals surface area contributed by atoms with Crippen molar-refractivity contribution >= 4 is 15.8 Å². The summed E-state index contributed by atoms with van der Waals surface area (Å²) in [6, 6.07) is 0. The second-order valence-corrected chi connectivity index (χ2v) is 6.47. The van der Waals surface area contributed by atoms with Crippen LogP contribution in [-0.2, 0) is 24.1 Å². The minimum Gasteiger partial charge on any atom is -0.481 e. The van der Waals surface area contributed by atoms with E-state index >= 15 is 0 Å². The lowest BCUT2D eigenvalue weighted by molar-refractivity contribution is -0.148. The molecular formula is C10H18O6S. The standard InChI is InChI=1S/C10H18O6S/c1-15-5-6-16-4-2-10(9(11)12)3-7-17(13,14)8-10/h2-8H2,1H3,(H,11,12). The lowest BCUT2D eigenvalue weighted by atomic mass is 9.84. The van der Waals surface area contributed by atoms with E-state index in [1.54, 1.807) is 7.11 Å². The average molecular weight is 266 g/mol. The molecule has 1 rings (SSSR count). The number of hydrogen-bond acceptors (Lipinski definition) is 5. The Morgan fingerprint density at radius 2 is 2.06 bits per heavy atom. The van der Waals surface area contributed by atoms with E-state index < -0.39 is 21.2 Å². The minimum atomic E-state index is -3.21. The van der Waals surface area contributed by atoms with Gasteiger partial charge in [0, 0.05) is 13.7 Å². The highest BCUT2D eigenvalue weighted by molar-refractivity contribution is 7.91. The molecule has 6 nitrogen and oxygen atoms in total. The minimum absolute atomic E-state index is 0.0443. The third-order valence-electron chi connectivity index (χ3n) is 3.00. The summed E-state index contributed by atoms with van der Waals surface area (Å²) in [4.78, 5) is 11.2. The van der Waals surface area contributed by atoms with Gasteiger partial charge in [-0.05, 0) is 12.8 Å². The molecule has 17 heavy (non-hydrogen) atoms. The number of carboxylic acid groups (broad SMARTS) is 1. The predicted molar refractivity (Wildman–Crippen MR) is 60.7 cm³/mol. The van der Waals surface area contributed by atoms with E-state index in [1.807, 2.05) is 0 Å². The quantitative estimate of drug-likeness (QED) is 0.649. The second-order valence-electron chi connectivity index (χ2n) is 4.28. The highest BCUT2D eigenvalue weighted by Gasteiger charge is 2.47. The molecule has 0 amide bonds. The van der Waals surface area contributed by atoms with Crippen LogP contribution in [0.25, 0.3) is 0 Å². The first-order chi connectivity index (χ1) is 7.92. The maximum atomic E-state index is 11.4. The van der Waals surface area contributed by atoms with Gasteiger partial charge < -0.3 is 14.6 Å². The van der Waals surface area contributed by atoms with Gasteiger partial charge in [-0.1, -0.05) is 0 Å². The maximum absolute atomic E-state index is 11.4. The summed E-state index contributed by atoms with van der Waals surface area (Å²) in [6.45, 7) is 1.07. The second kappa shape index (κ2) is 5.79. The van der Waals surface area contributed by atoms with Gasteiger partial charge in [0.1, 0.15) is 0 Å². The number of rotatable bonds is 7. The Morgan fingerprint density at radius 3 is 2.53 bits per heavy atom. The third kappa shape index (κ3) is 3.93. The van der Waals surface area contributed by atoms with Gasteiger partial charge in [-0.3, -0.25) is 4.79 Å². The molecule has 1 fully saturated rings. The first-order valence-electron chi connectivity index (χ1n) is 5.42. The molecule has 0 radical (unpaired) electrons. The Kier molecular flexibility index (Phi) is 4.91. The number of sulfone groups is 1. The van der Waals surface area contributed by atoms with Crippen molar-refractivity contribution in [1.82, 2.24) is 0 Å². The molecule has 0 saturated carbocycles. The maximum Gasteiger partial charge on any atom is 0.310 e. The molecule has 0 spiro atoms. The number of ether oxygens (including phenoxy) is 2. The Balaban J connectivity index is 2.48. The smallest absolute Gasteiger partial charge is 0.310 e. The highest BCUT2D eigenvalue weighted by atomic mass is 32.2. The molecule has 0 bridgehead atoms. The largest absolute Gasteiger partial charge is 0.481 e. The topological polar surface area (TPSA) is 89.9 Å². The van der Waals surface area contributed by atoms with Crippen molar-refractivity contribution in [3.8, 4) is 0 Å². The highest BCUT2D eigenvalue weighted by Crippen LogP contribution is 2.36. The van der Waals surface area contributed by atoms with Crippen LogP contribution in [0.3, 0.4) is 0 Å². The van der Waals surface area contributed by atoms with Gasteiger partial charge in [0.05, 0.1) is 30.1 Å². The Hall–Kier alpha value is -0.660. The van der Waals surface area contributed by atoms with E-state index in [-0.39, 0.29) is 31.0 Å². The molecule has 1 N–H and O–H groups in total. The summed E-state index contributed by atoms with van der Waals surface area (Å²) in [7, 11) is -1.66. The molecule has 0 aliphatic carbocycles. The van der Waals surface area contributed by atoms with Crippen molar-refractivity contribution in [3.05, 3.63) is 0 Å². The molecule has 0 aromatic heterocycles. The van der Waals surface area contributed by atoms with Crippen LogP contribution in [0.4, 0.5) is 0 Å². The van der Waals surface area contributed by atoms with Crippen molar-refractivity contribution in [1.29, 1.82) is 0 Å². The monoisotopic (exact) mass is 266 g/mol. The first kappa shape index (κ1) is 14.4.